The lowest BCUT2D eigenvalue weighted by Crippen LogP contribution is -2.26. The van der Waals surface area contributed by atoms with Crippen LogP contribution in [0.15, 0.2) is 6.20 Å². The predicted molar refractivity (Wildman–Crippen MR) is 99.8 cm³/mol. The highest BCUT2D eigenvalue weighted by Gasteiger charge is 2.20. The van der Waals surface area contributed by atoms with Gasteiger partial charge in [0.25, 0.3) is 0 Å². The van der Waals surface area contributed by atoms with E-state index in [1.165, 1.54) is 0 Å². The maximum Gasteiger partial charge on any atom is 0.356 e. The molecule has 0 radical (unpaired) electrons. The van der Waals surface area contributed by atoms with Crippen LogP contribution in [-0.4, -0.2) is 48.0 Å². The number of nitrogens with zero attached hydrogens (tertiary/aromatic N) is 2. The fourth-order valence-corrected chi connectivity index (χ4v) is 1.54. The average molecular weight is 357 g/mol. The first kappa shape index (κ1) is 25.4. The van der Waals surface area contributed by atoms with Gasteiger partial charge in [-0.2, -0.15) is 5.10 Å². The zero-order chi connectivity index (χ0) is 20.0. The third-order valence-corrected chi connectivity index (χ3v) is 2.97. The zero-order valence-electron chi connectivity index (χ0n) is 17.2. The maximum atomic E-state index is 11.8. The number of ether oxygens (including phenoxy) is 2. The van der Waals surface area contributed by atoms with Gasteiger partial charge >= 0.3 is 5.97 Å². The highest BCUT2D eigenvalue weighted by Crippen LogP contribution is 2.14. The number of carbonyl (C=O) groups is 2. The summed E-state index contributed by atoms with van der Waals surface area (Å²) in [6.45, 7) is 16.2. The monoisotopic (exact) mass is 357 g/mol. The van der Waals surface area contributed by atoms with Crippen LogP contribution in [-0.2, 0) is 14.3 Å². The number of hydrogen-bond donors (Lipinski definition) is 1. The molecule has 0 saturated carbocycles. The number of esters is 1. The second kappa shape index (κ2) is 13.4. The van der Waals surface area contributed by atoms with Gasteiger partial charge in [0.15, 0.2) is 0 Å². The Hall–Kier alpha value is -1.89. The van der Waals surface area contributed by atoms with Gasteiger partial charge in [-0.3, -0.25) is 9.48 Å². The highest BCUT2D eigenvalue weighted by molar-refractivity contribution is 5.89. The molecule has 0 aliphatic rings. The molecule has 1 rings (SSSR count). The smallest absolute Gasteiger partial charge is 0.356 e. The van der Waals surface area contributed by atoms with Gasteiger partial charge in [0.05, 0.1) is 24.4 Å². The molecule has 7 heteroatoms. The molecule has 1 heterocycles. The van der Waals surface area contributed by atoms with E-state index < -0.39 is 0 Å². The third kappa shape index (κ3) is 10.6. The minimum atomic E-state index is -0.388. The summed E-state index contributed by atoms with van der Waals surface area (Å²) in [5.41, 5.74) is 1.24. The van der Waals surface area contributed by atoms with E-state index in [0.717, 1.165) is 5.56 Å². The van der Waals surface area contributed by atoms with Gasteiger partial charge in [0.2, 0.25) is 6.41 Å². The summed E-state index contributed by atoms with van der Waals surface area (Å²) in [6, 6.07) is -0.103. The molecule has 1 atom stereocenters. The Labute approximate surface area is 152 Å². The molecule has 1 aromatic rings. The molecule has 0 spiro atoms. The summed E-state index contributed by atoms with van der Waals surface area (Å²) >= 11 is 0. The number of nitrogens with one attached hydrogen (secondary N) is 1. The van der Waals surface area contributed by atoms with Gasteiger partial charge in [-0.25, -0.2) is 4.79 Å². The van der Waals surface area contributed by atoms with E-state index in [4.69, 9.17) is 9.47 Å². The fraction of sp³-hybridized carbons (Fsp3) is 0.722. The number of aryl methyl sites for hydroxylation is 1. The van der Waals surface area contributed by atoms with Gasteiger partial charge in [-0.15, -0.1) is 0 Å². The van der Waals surface area contributed by atoms with Crippen LogP contribution in [0.4, 0.5) is 0 Å². The minimum absolute atomic E-state index is 0.0417. The molecular formula is C18H35N3O4. The first-order valence-corrected chi connectivity index (χ1v) is 8.61. The SMILES string of the molecule is CC.CCOC(=O)c1c(C)cnn1[C@@H](C)CNC=O.COC(C)(C)C. The maximum absolute atomic E-state index is 11.8. The van der Waals surface area contributed by atoms with Gasteiger partial charge < -0.3 is 14.8 Å². The minimum Gasteiger partial charge on any atom is -0.461 e. The van der Waals surface area contributed by atoms with Crippen molar-refractivity contribution in [2.24, 2.45) is 0 Å². The Morgan fingerprint density at radius 2 is 1.92 bits per heavy atom. The molecule has 1 N–H and O–H groups in total. The van der Waals surface area contributed by atoms with Crippen LogP contribution >= 0.6 is 0 Å². The highest BCUT2D eigenvalue weighted by atomic mass is 16.5. The molecule has 7 nitrogen and oxygen atoms in total. The van der Waals surface area contributed by atoms with E-state index in [9.17, 15) is 9.59 Å². The van der Waals surface area contributed by atoms with Crippen LogP contribution < -0.4 is 5.32 Å². The van der Waals surface area contributed by atoms with E-state index >= 15 is 0 Å². The summed E-state index contributed by atoms with van der Waals surface area (Å²) in [6.07, 6.45) is 2.24. The van der Waals surface area contributed by atoms with Gasteiger partial charge in [0.1, 0.15) is 5.69 Å². The number of amides is 1. The largest absolute Gasteiger partial charge is 0.461 e. The predicted octanol–water partition coefficient (Wildman–Crippen LogP) is 3.13. The average Bonchev–Trinajstić information content (AvgIpc) is 2.96. The molecule has 0 aliphatic heterocycles. The molecule has 25 heavy (non-hydrogen) atoms. The normalized spacial score (nSPS) is 11.2. The van der Waals surface area contributed by atoms with Crippen LogP contribution in [0.1, 0.15) is 70.6 Å². The van der Waals surface area contributed by atoms with E-state index in [1.807, 2.05) is 41.5 Å². The Bertz CT molecular complexity index is 493. The van der Waals surface area contributed by atoms with Crippen LogP contribution in [0.25, 0.3) is 0 Å². The molecular weight excluding hydrogens is 322 g/mol. The first-order chi connectivity index (χ1) is 11.7. The summed E-state index contributed by atoms with van der Waals surface area (Å²) in [7, 11) is 1.71. The van der Waals surface area contributed by atoms with E-state index in [-0.39, 0.29) is 17.6 Å². The van der Waals surface area contributed by atoms with Crippen LogP contribution in [0, 0.1) is 6.92 Å². The molecule has 146 valence electrons. The third-order valence-electron chi connectivity index (χ3n) is 2.97. The van der Waals surface area contributed by atoms with E-state index in [2.05, 4.69) is 10.4 Å². The first-order valence-electron chi connectivity index (χ1n) is 8.61. The molecule has 0 bridgehead atoms. The van der Waals surface area contributed by atoms with Crippen molar-refractivity contribution in [1.82, 2.24) is 15.1 Å². The molecule has 0 fully saturated rings. The molecule has 0 aliphatic carbocycles. The summed E-state index contributed by atoms with van der Waals surface area (Å²) in [5.74, 6) is -0.388. The lowest BCUT2D eigenvalue weighted by Gasteiger charge is -2.14. The summed E-state index contributed by atoms with van der Waals surface area (Å²) in [5, 5.41) is 6.69. The second-order valence-corrected chi connectivity index (χ2v) is 6.03. The molecule has 0 unspecified atom stereocenters. The summed E-state index contributed by atoms with van der Waals surface area (Å²) in [4.78, 5) is 22.0. The summed E-state index contributed by atoms with van der Waals surface area (Å²) < 4.78 is 11.5. The van der Waals surface area contributed by atoms with Crippen molar-refractivity contribution in [2.45, 2.75) is 67.0 Å². The lowest BCUT2D eigenvalue weighted by molar-refractivity contribution is -0.109. The van der Waals surface area contributed by atoms with Crippen molar-refractivity contribution < 1.29 is 19.1 Å². The quantitative estimate of drug-likeness (QED) is 0.625. The zero-order valence-corrected chi connectivity index (χ0v) is 17.2. The Balaban J connectivity index is 0. The number of rotatable bonds is 6. The number of carbonyl (C=O) groups excluding carboxylic acids is 2. The number of hydrogen-bond acceptors (Lipinski definition) is 5. The van der Waals surface area contributed by atoms with Gasteiger partial charge in [0, 0.05) is 19.2 Å². The van der Waals surface area contributed by atoms with Crippen molar-refractivity contribution >= 4 is 12.4 Å². The molecule has 1 aromatic heterocycles. The van der Waals surface area contributed by atoms with Crippen molar-refractivity contribution in [3.8, 4) is 0 Å². The lowest BCUT2D eigenvalue weighted by atomic mass is 10.2. The van der Waals surface area contributed by atoms with Crippen LogP contribution in [0.2, 0.25) is 0 Å². The fourth-order valence-electron chi connectivity index (χ4n) is 1.54. The Kier molecular flexibility index (Phi) is 13.6. The van der Waals surface area contributed by atoms with Gasteiger partial charge in [-0.1, -0.05) is 13.8 Å². The second-order valence-electron chi connectivity index (χ2n) is 6.03. The molecule has 0 aromatic carbocycles. The van der Waals surface area contributed by atoms with Crippen molar-refractivity contribution in [2.75, 3.05) is 20.3 Å². The van der Waals surface area contributed by atoms with Gasteiger partial charge in [-0.05, 0) is 41.5 Å². The number of methoxy groups -OCH3 is 1. The van der Waals surface area contributed by atoms with Crippen molar-refractivity contribution in [1.29, 1.82) is 0 Å². The van der Waals surface area contributed by atoms with E-state index in [0.29, 0.717) is 25.3 Å². The Morgan fingerprint density at radius 3 is 2.32 bits per heavy atom. The number of aromatic nitrogens is 2. The van der Waals surface area contributed by atoms with Crippen LogP contribution in [0.5, 0.6) is 0 Å². The van der Waals surface area contributed by atoms with Crippen molar-refractivity contribution in [3.05, 3.63) is 17.5 Å². The topological polar surface area (TPSA) is 82.5 Å². The molecule has 0 saturated heterocycles. The molecule has 1 amide bonds. The standard InChI is InChI=1S/C11H17N3O3.C5H12O.C2H6/c1-4-17-11(16)10-8(2)5-13-14(10)9(3)6-12-7-15;1-5(2,3)6-4;1-2/h5,7,9H,4,6H2,1-3H3,(H,12,15);1-4H3;1-2H3/t9-;;/m0../s1. The van der Waals surface area contributed by atoms with Crippen molar-refractivity contribution in [3.63, 3.8) is 0 Å². The Morgan fingerprint density at radius 1 is 1.40 bits per heavy atom. The van der Waals surface area contributed by atoms with E-state index in [1.54, 1.807) is 31.8 Å². The van der Waals surface area contributed by atoms with Crippen LogP contribution in [0.3, 0.4) is 0 Å².